The maximum atomic E-state index is 5.52. The largest absolute Gasteiger partial charge is 0.330 e. The molecule has 0 saturated carbocycles. The fraction of sp³-hybridized carbons (Fsp3) is 0.231. The topological polar surface area (TPSA) is 51.8 Å². The van der Waals surface area contributed by atoms with Crippen molar-refractivity contribution in [2.45, 2.75) is 13.3 Å². The molecule has 82 valence electrons. The predicted molar refractivity (Wildman–Crippen MR) is 65.0 cm³/mol. The summed E-state index contributed by atoms with van der Waals surface area (Å²) in [6.07, 6.45) is 2.71. The van der Waals surface area contributed by atoms with Crippen LogP contribution in [0.1, 0.15) is 11.3 Å². The molecule has 16 heavy (non-hydrogen) atoms. The molecule has 1 aromatic carbocycles. The molecule has 0 fully saturated rings. The number of nitrogens with zero attached hydrogens (tertiary/aromatic N) is 2. The van der Waals surface area contributed by atoms with Gasteiger partial charge in [0, 0.05) is 17.5 Å². The van der Waals surface area contributed by atoms with E-state index in [1.807, 2.05) is 43.5 Å². The van der Waals surface area contributed by atoms with Gasteiger partial charge >= 0.3 is 0 Å². The Morgan fingerprint density at radius 1 is 1.19 bits per heavy atom. The Morgan fingerprint density at radius 2 is 1.94 bits per heavy atom. The van der Waals surface area contributed by atoms with Crippen molar-refractivity contribution < 1.29 is 0 Å². The van der Waals surface area contributed by atoms with Gasteiger partial charge in [-0.1, -0.05) is 30.3 Å². The standard InChI is InChI=1S/C13H15N3/c1-10-12(7-8-14)9-15-13(16-10)11-5-3-2-4-6-11/h2-6,9H,7-8,14H2,1H3. The van der Waals surface area contributed by atoms with Gasteiger partial charge in [0.1, 0.15) is 0 Å². The first kappa shape index (κ1) is 10.8. The molecule has 2 rings (SSSR count). The molecule has 3 nitrogen and oxygen atoms in total. The number of aromatic nitrogens is 2. The van der Waals surface area contributed by atoms with Crippen LogP contribution in [-0.4, -0.2) is 16.5 Å². The first-order valence-electron chi connectivity index (χ1n) is 5.39. The summed E-state index contributed by atoms with van der Waals surface area (Å²) in [7, 11) is 0. The molecule has 0 aliphatic carbocycles. The number of aryl methyl sites for hydroxylation is 1. The Bertz CT molecular complexity index is 466. The third-order valence-electron chi connectivity index (χ3n) is 2.53. The van der Waals surface area contributed by atoms with E-state index in [4.69, 9.17) is 5.73 Å². The van der Waals surface area contributed by atoms with Gasteiger partial charge in [0.05, 0.1) is 0 Å². The van der Waals surface area contributed by atoms with Gasteiger partial charge in [-0.2, -0.15) is 0 Å². The van der Waals surface area contributed by atoms with E-state index >= 15 is 0 Å². The molecule has 0 saturated heterocycles. The van der Waals surface area contributed by atoms with Crippen LogP contribution in [0.2, 0.25) is 0 Å². The van der Waals surface area contributed by atoms with Crippen LogP contribution in [0, 0.1) is 6.92 Å². The van der Waals surface area contributed by atoms with E-state index in [-0.39, 0.29) is 0 Å². The van der Waals surface area contributed by atoms with Crippen molar-refractivity contribution in [1.82, 2.24) is 9.97 Å². The molecule has 1 heterocycles. The summed E-state index contributed by atoms with van der Waals surface area (Å²) in [5, 5.41) is 0. The van der Waals surface area contributed by atoms with Crippen LogP contribution in [0.4, 0.5) is 0 Å². The number of nitrogens with two attached hydrogens (primary N) is 1. The normalized spacial score (nSPS) is 10.4. The van der Waals surface area contributed by atoms with Gasteiger partial charge in [-0.25, -0.2) is 9.97 Å². The van der Waals surface area contributed by atoms with Crippen LogP contribution in [0.3, 0.4) is 0 Å². The van der Waals surface area contributed by atoms with Gasteiger partial charge in [-0.3, -0.25) is 0 Å². The van der Waals surface area contributed by atoms with Crippen molar-refractivity contribution in [3.05, 3.63) is 47.8 Å². The lowest BCUT2D eigenvalue weighted by Gasteiger charge is -2.05. The summed E-state index contributed by atoms with van der Waals surface area (Å²) in [6, 6.07) is 9.98. The van der Waals surface area contributed by atoms with Crippen LogP contribution in [-0.2, 0) is 6.42 Å². The zero-order valence-corrected chi connectivity index (χ0v) is 9.35. The minimum absolute atomic E-state index is 0.634. The smallest absolute Gasteiger partial charge is 0.159 e. The first-order valence-corrected chi connectivity index (χ1v) is 5.39. The summed E-state index contributed by atoms with van der Waals surface area (Å²) in [4.78, 5) is 8.86. The Balaban J connectivity index is 2.35. The fourth-order valence-electron chi connectivity index (χ4n) is 1.62. The van der Waals surface area contributed by atoms with Gasteiger partial charge in [0.25, 0.3) is 0 Å². The third-order valence-corrected chi connectivity index (χ3v) is 2.53. The van der Waals surface area contributed by atoms with Crippen molar-refractivity contribution in [2.75, 3.05) is 6.54 Å². The number of benzene rings is 1. The summed E-state index contributed by atoms with van der Waals surface area (Å²) < 4.78 is 0. The van der Waals surface area contributed by atoms with Crippen molar-refractivity contribution in [3.63, 3.8) is 0 Å². The van der Waals surface area contributed by atoms with Crippen LogP contribution < -0.4 is 5.73 Å². The molecule has 0 unspecified atom stereocenters. The molecule has 2 N–H and O–H groups in total. The van der Waals surface area contributed by atoms with Crippen molar-refractivity contribution in [2.24, 2.45) is 5.73 Å². The Hall–Kier alpha value is -1.74. The highest BCUT2D eigenvalue weighted by Crippen LogP contribution is 2.15. The zero-order chi connectivity index (χ0) is 11.4. The van der Waals surface area contributed by atoms with E-state index in [2.05, 4.69) is 9.97 Å². The van der Waals surface area contributed by atoms with Crippen LogP contribution in [0.25, 0.3) is 11.4 Å². The Kier molecular flexibility index (Phi) is 3.27. The minimum atomic E-state index is 0.634. The summed E-state index contributed by atoms with van der Waals surface area (Å²) >= 11 is 0. The van der Waals surface area contributed by atoms with E-state index in [0.29, 0.717) is 6.54 Å². The lowest BCUT2D eigenvalue weighted by atomic mass is 10.1. The lowest BCUT2D eigenvalue weighted by molar-refractivity contribution is 0.921. The summed E-state index contributed by atoms with van der Waals surface area (Å²) in [5.74, 6) is 0.777. The molecular weight excluding hydrogens is 198 g/mol. The van der Waals surface area contributed by atoms with Crippen molar-refractivity contribution in [1.29, 1.82) is 0 Å². The Labute approximate surface area is 95.4 Å². The Morgan fingerprint density at radius 3 is 2.56 bits per heavy atom. The average Bonchev–Trinajstić information content (AvgIpc) is 2.33. The monoisotopic (exact) mass is 213 g/mol. The maximum absolute atomic E-state index is 5.52. The van der Waals surface area contributed by atoms with Crippen LogP contribution in [0.5, 0.6) is 0 Å². The minimum Gasteiger partial charge on any atom is -0.330 e. The number of hydrogen-bond acceptors (Lipinski definition) is 3. The molecule has 3 heteroatoms. The first-order chi connectivity index (χ1) is 7.81. The van der Waals surface area contributed by atoms with Gasteiger partial charge in [0.2, 0.25) is 0 Å². The SMILES string of the molecule is Cc1nc(-c2ccccc2)ncc1CCN. The third kappa shape index (κ3) is 2.25. The number of rotatable bonds is 3. The highest BCUT2D eigenvalue weighted by atomic mass is 14.9. The molecule has 0 amide bonds. The van der Waals surface area contributed by atoms with Gasteiger partial charge in [-0.15, -0.1) is 0 Å². The second-order valence-electron chi connectivity index (χ2n) is 3.71. The van der Waals surface area contributed by atoms with Crippen LogP contribution >= 0.6 is 0 Å². The predicted octanol–water partition coefficient (Wildman–Crippen LogP) is 1.95. The molecule has 0 radical (unpaired) electrons. The second kappa shape index (κ2) is 4.86. The molecular formula is C13H15N3. The van der Waals surface area contributed by atoms with Crippen LogP contribution in [0.15, 0.2) is 36.5 Å². The van der Waals surface area contributed by atoms with E-state index in [1.165, 1.54) is 0 Å². The van der Waals surface area contributed by atoms with Gasteiger partial charge < -0.3 is 5.73 Å². The van der Waals surface area contributed by atoms with Crippen molar-refractivity contribution in [3.8, 4) is 11.4 Å². The molecule has 0 atom stereocenters. The quantitative estimate of drug-likeness (QED) is 0.847. The maximum Gasteiger partial charge on any atom is 0.159 e. The molecule has 1 aromatic heterocycles. The second-order valence-corrected chi connectivity index (χ2v) is 3.71. The van der Waals surface area contributed by atoms with E-state index < -0.39 is 0 Å². The zero-order valence-electron chi connectivity index (χ0n) is 9.35. The van der Waals surface area contributed by atoms with Gasteiger partial charge in [0.15, 0.2) is 5.82 Å². The molecule has 2 aromatic rings. The fourth-order valence-corrected chi connectivity index (χ4v) is 1.62. The lowest BCUT2D eigenvalue weighted by Crippen LogP contribution is -2.06. The molecule has 0 aliphatic heterocycles. The molecule has 0 bridgehead atoms. The molecule has 0 aliphatic rings. The van der Waals surface area contributed by atoms with Crippen molar-refractivity contribution >= 4 is 0 Å². The van der Waals surface area contributed by atoms with E-state index in [9.17, 15) is 0 Å². The average molecular weight is 213 g/mol. The highest BCUT2D eigenvalue weighted by Gasteiger charge is 2.04. The molecule has 0 spiro atoms. The highest BCUT2D eigenvalue weighted by molar-refractivity contribution is 5.54. The summed E-state index contributed by atoms with van der Waals surface area (Å²) in [5.41, 5.74) is 8.71. The number of hydrogen-bond donors (Lipinski definition) is 1. The summed E-state index contributed by atoms with van der Waals surface area (Å²) in [6.45, 7) is 2.63. The van der Waals surface area contributed by atoms with E-state index in [1.54, 1.807) is 0 Å². The van der Waals surface area contributed by atoms with Gasteiger partial charge in [-0.05, 0) is 25.5 Å². The van der Waals surface area contributed by atoms with E-state index in [0.717, 1.165) is 29.1 Å².